The van der Waals surface area contributed by atoms with E-state index in [1.54, 1.807) is 36.5 Å². The molecule has 0 saturated carbocycles. The Bertz CT molecular complexity index is 897. The largest absolute Gasteiger partial charge is 0.480 e. The highest BCUT2D eigenvalue weighted by atomic mass is 16.4. The number of carboxylic acids is 1. The van der Waals surface area contributed by atoms with Crippen molar-refractivity contribution in [3.8, 4) is 0 Å². The Morgan fingerprint density at radius 1 is 1.20 bits per heavy atom. The molecule has 9 nitrogen and oxygen atoms in total. The minimum atomic E-state index is -1.03. The number of aromatic nitrogens is 2. The maximum absolute atomic E-state index is 12.8. The number of aromatic amines is 1. The number of likely N-dealkylation sites (tertiary alicyclic amines) is 1. The number of H-pyrrole nitrogens is 1. The molecule has 1 aliphatic heterocycles. The molecule has 0 spiro atoms. The van der Waals surface area contributed by atoms with E-state index < -0.39 is 18.1 Å². The molecule has 2 heterocycles. The molecule has 1 aliphatic rings. The first-order chi connectivity index (χ1) is 14.5. The summed E-state index contributed by atoms with van der Waals surface area (Å²) < 4.78 is 0. The van der Waals surface area contributed by atoms with Gasteiger partial charge in [0.1, 0.15) is 6.04 Å². The number of carboxylic acid groups (broad SMARTS) is 1. The van der Waals surface area contributed by atoms with Crippen LogP contribution in [0.1, 0.15) is 41.7 Å². The Hall–Kier alpha value is -3.49. The van der Waals surface area contributed by atoms with E-state index >= 15 is 0 Å². The summed E-state index contributed by atoms with van der Waals surface area (Å²) >= 11 is 0. The van der Waals surface area contributed by atoms with E-state index in [0.29, 0.717) is 30.6 Å². The fraction of sp³-hybridized carbons (Fsp3) is 0.381. The fourth-order valence-corrected chi connectivity index (χ4v) is 3.56. The maximum atomic E-state index is 12.8. The van der Waals surface area contributed by atoms with Gasteiger partial charge in [-0.1, -0.05) is 18.2 Å². The molecular formula is C21H24N4O5. The van der Waals surface area contributed by atoms with Crippen LogP contribution in [0.3, 0.4) is 0 Å². The summed E-state index contributed by atoms with van der Waals surface area (Å²) in [6.07, 6.45) is 4.14. The molecule has 0 aliphatic carbocycles. The van der Waals surface area contributed by atoms with Crippen LogP contribution in [0.25, 0.3) is 0 Å². The van der Waals surface area contributed by atoms with Crippen LogP contribution in [0.2, 0.25) is 0 Å². The van der Waals surface area contributed by atoms with Crippen molar-refractivity contribution in [2.45, 2.75) is 44.2 Å². The minimum Gasteiger partial charge on any atom is -0.480 e. The zero-order valence-corrected chi connectivity index (χ0v) is 16.4. The molecule has 3 rings (SSSR count). The molecule has 3 N–H and O–H groups in total. The third-order valence-electron chi connectivity index (χ3n) is 5.15. The number of carbonyl (C=O) groups excluding carboxylic acids is 3. The lowest BCUT2D eigenvalue weighted by Crippen LogP contribution is -2.44. The quantitative estimate of drug-likeness (QED) is 0.566. The van der Waals surface area contributed by atoms with Crippen LogP contribution < -0.4 is 5.32 Å². The summed E-state index contributed by atoms with van der Waals surface area (Å²) in [6, 6.07) is 6.89. The Morgan fingerprint density at radius 2 is 1.97 bits per heavy atom. The van der Waals surface area contributed by atoms with Gasteiger partial charge in [-0.05, 0) is 25.0 Å². The van der Waals surface area contributed by atoms with Gasteiger partial charge in [-0.25, -0.2) is 9.78 Å². The topological polar surface area (TPSA) is 132 Å². The van der Waals surface area contributed by atoms with Crippen molar-refractivity contribution in [2.24, 2.45) is 0 Å². The first-order valence-corrected chi connectivity index (χ1v) is 9.84. The van der Waals surface area contributed by atoms with Gasteiger partial charge in [-0.2, -0.15) is 0 Å². The van der Waals surface area contributed by atoms with Gasteiger partial charge in [0.2, 0.25) is 5.91 Å². The molecule has 2 amide bonds. The molecule has 1 aromatic heterocycles. The first-order valence-electron chi connectivity index (χ1n) is 9.84. The number of rotatable bonds is 9. The van der Waals surface area contributed by atoms with Gasteiger partial charge in [0.25, 0.3) is 5.91 Å². The molecule has 1 fully saturated rings. The smallest absolute Gasteiger partial charge is 0.326 e. The van der Waals surface area contributed by atoms with Gasteiger partial charge >= 0.3 is 5.97 Å². The van der Waals surface area contributed by atoms with E-state index in [1.165, 1.54) is 11.2 Å². The molecule has 9 heteroatoms. The molecule has 1 aromatic carbocycles. The van der Waals surface area contributed by atoms with E-state index in [9.17, 15) is 24.3 Å². The second-order valence-corrected chi connectivity index (χ2v) is 7.22. The van der Waals surface area contributed by atoms with Crippen LogP contribution >= 0.6 is 0 Å². The summed E-state index contributed by atoms with van der Waals surface area (Å²) in [6.45, 7) is 0.381. The number of hydrogen-bond acceptors (Lipinski definition) is 5. The number of hydrogen-bond donors (Lipinski definition) is 3. The maximum Gasteiger partial charge on any atom is 0.326 e. The van der Waals surface area contributed by atoms with Gasteiger partial charge in [0, 0.05) is 43.3 Å². The SMILES string of the molecule is O=C(NC(Cc1cnc[nH]1)C(=O)CCC(=O)N1CCC[C@H]1C(=O)O)c1ccccc1. The highest BCUT2D eigenvalue weighted by Crippen LogP contribution is 2.19. The lowest BCUT2D eigenvalue weighted by Gasteiger charge is -2.22. The van der Waals surface area contributed by atoms with E-state index in [1.807, 2.05) is 0 Å². The normalized spacial score (nSPS) is 16.8. The number of imidazole rings is 1. The summed E-state index contributed by atoms with van der Waals surface area (Å²) in [5.74, 6) is -2.07. The van der Waals surface area contributed by atoms with Gasteiger partial charge in [-0.15, -0.1) is 0 Å². The van der Waals surface area contributed by atoms with Crippen LogP contribution in [0.15, 0.2) is 42.9 Å². The van der Waals surface area contributed by atoms with E-state index in [4.69, 9.17) is 0 Å². The van der Waals surface area contributed by atoms with Gasteiger partial charge in [0.05, 0.1) is 12.4 Å². The van der Waals surface area contributed by atoms with Crippen LogP contribution in [-0.4, -0.2) is 62.2 Å². The third kappa shape index (κ3) is 5.31. The summed E-state index contributed by atoms with van der Waals surface area (Å²) in [7, 11) is 0. The Labute approximate surface area is 173 Å². The summed E-state index contributed by atoms with van der Waals surface area (Å²) in [5, 5.41) is 12.0. The number of amides is 2. The number of aliphatic carboxylic acids is 1. The second-order valence-electron chi connectivity index (χ2n) is 7.22. The van der Waals surface area contributed by atoms with Crippen LogP contribution in [-0.2, 0) is 20.8 Å². The number of nitrogens with zero attached hydrogens (tertiary/aromatic N) is 2. The fourth-order valence-electron chi connectivity index (χ4n) is 3.56. The van der Waals surface area contributed by atoms with Gasteiger partial charge < -0.3 is 20.3 Å². The van der Waals surface area contributed by atoms with Crippen LogP contribution in [0.5, 0.6) is 0 Å². The first kappa shape index (κ1) is 21.2. The molecule has 2 atom stereocenters. The molecule has 2 aromatic rings. The average Bonchev–Trinajstić information content (AvgIpc) is 3.44. The number of ketones is 1. The average molecular weight is 412 g/mol. The Balaban J connectivity index is 1.63. The monoisotopic (exact) mass is 412 g/mol. The summed E-state index contributed by atoms with van der Waals surface area (Å²) in [5.41, 5.74) is 1.11. The Kier molecular flexibility index (Phi) is 6.95. The highest BCUT2D eigenvalue weighted by Gasteiger charge is 2.34. The van der Waals surface area contributed by atoms with Crippen molar-refractivity contribution in [3.05, 3.63) is 54.1 Å². The van der Waals surface area contributed by atoms with Crippen molar-refractivity contribution < 1.29 is 24.3 Å². The number of carbonyl (C=O) groups is 4. The number of Topliss-reactive ketones (excluding diaryl/α,β-unsaturated/α-hetero) is 1. The van der Waals surface area contributed by atoms with Crippen molar-refractivity contribution >= 4 is 23.6 Å². The lowest BCUT2D eigenvalue weighted by molar-refractivity contribution is -0.148. The molecule has 0 radical (unpaired) electrons. The van der Waals surface area contributed by atoms with E-state index in [-0.39, 0.29) is 36.9 Å². The van der Waals surface area contributed by atoms with Crippen molar-refractivity contribution in [3.63, 3.8) is 0 Å². The van der Waals surface area contributed by atoms with Crippen molar-refractivity contribution in [1.82, 2.24) is 20.2 Å². The molecule has 0 bridgehead atoms. The van der Waals surface area contributed by atoms with E-state index in [0.717, 1.165) is 0 Å². The van der Waals surface area contributed by atoms with E-state index in [2.05, 4.69) is 15.3 Å². The zero-order chi connectivity index (χ0) is 21.5. The standard InChI is InChI=1S/C21H24N4O5/c26-18(8-9-19(27)25-10-4-7-17(25)21(29)30)16(11-15-12-22-13-23-15)24-20(28)14-5-2-1-3-6-14/h1-3,5-6,12-13,16-17H,4,7-11H2,(H,22,23)(H,24,28)(H,29,30)/t16?,17-/m0/s1. The molecule has 30 heavy (non-hydrogen) atoms. The van der Waals surface area contributed by atoms with Gasteiger partial charge in [-0.3, -0.25) is 14.4 Å². The van der Waals surface area contributed by atoms with Crippen molar-refractivity contribution in [1.29, 1.82) is 0 Å². The lowest BCUT2D eigenvalue weighted by atomic mass is 10.0. The molecule has 158 valence electrons. The highest BCUT2D eigenvalue weighted by molar-refractivity contribution is 5.98. The van der Waals surface area contributed by atoms with Crippen LogP contribution in [0, 0.1) is 0 Å². The van der Waals surface area contributed by atoms with Crippen LogP contribution in [0.4, 0.5) is 0 Å². The zero-order valence-electron chi connectivity index (χ0n) is 16.4. The predicted octanol–water partition coefficient (Wildman–Crippen LogP) is 1.18. The number of benzene rings is 1. The van der Waals surface area contributed by atoms with Crippen molar-refractivity contribution in [2.75, 3.05) is 6.54 Å². The molecular weight excluding hydrogens is 388 g/mol. The number of nitrogens with one attached hydrogen (secondary N) is 2. The minimum absolute atomic E-state index is 0.0878. The molecule has 1 unspecified atom stereocenters. The Morgan fingerprint density at radius 3 is 2.63 bits per heavy atom. The predicted molar refractivity (Wildman–Crippen MR) is 107 cm³/mol. The molecule has 1 saturated heterocycles. The third-order valence-corrected chi connectivity index (χ3v) is 5.15. The second kappa shape index (κ2) is 9.82. The summed E-state index contributed by atoms with van der Waals surface area (Å²) in [4.78, 5) is 57.2. The van der Waals surface area contributed by atoms with Gasteiger partial charge in [0.15, 0.2) is 5.78 Å².